The first kappa shape index (κ1) is 14.7. The molecule has 3 nitrogen and oxygen atoms in total. The highest BCUT2D eigenvalue weighted by Crippen LogP contribution is 2.31. The molecule has 0 radical (unpaired) electrons. The minimum atomic E-state index is -0.343. The van der Waals surface area contributed by atoms with E-state index in [2.05, 4.69) is 0 Å². The Morgan fingerprint density at radius 2 is 1.94 bits per heavy atom. The van der Waals surface area contributed by atoms with E-state index >= 15 is 0 Å². The van der Waals surface area contributed by atoms with Crippen LogP contribution in [0.25, 0.3) is 10.1 Å². The predicted molar refractivity (Wildman–Crippen MR) is 75.9 cm³/mol. The molecule has 1 N–H and O–H groups in total. The third-order valence-electron chi connectivity index (χ3n) is 2.55. The maximum atomic E-state index is 11.1. The van der Waals surface area contributed by atoms with Crippen LogP contribution in [0.1, 0.15) is 38.6 Å². The van der Waals surface area contributed by atoms with Crippen LogP contribution in [0.5, 0.6) is 0 Å². The van der Waals surface area contributed by atoms with Gasteiger partial charge in [0.1, 0.15) is 0 Å². The van der Waals surface area contributed by atoms with Gasteiger partial charge in [-0.2, -0.15) is 0 Å². The number of amides is 1. The van der Waals surface area contributed by atoms with Crippen LogP contribution in [-0.2, 0) is 4.79 Å². The quantitative estimate of drug-likeness (QED) is 0.652. The fourth-order valence-corrected chi connectivity index (χ4v) is 2.70. The van der Waals surface area contributed by atoms with E-state index in [0.717, 1.165) is 15.3 Å². The van der Waals surface area contributed by atoms with Crippen molar-refractivity contribution in [2.45, 2.75) is 33.7 Å². The van der Waals surface area contributed by atoms with Crippen LogP contribution in [0, 0.1) is 0 Å². The van der Waals surface area contributed by atoms with E-state index in [0.29, 0.717) is 0 Å². The fraction of sp³-hybridized carbons (Fsp3) is 0.357. The highest BCUT2D eigenvalue weighted by molar-refractivity contribution is 7.19. The molecule has 4 heteroatoms. The van der Waals surface area contributed by atoms with Gasteiger partial charge in [0.05, 0.1) is 6.04 Å². The molecular weight excluding hydrogens is 246 g/mol. The Bertz CT molecular complexity index is 488. The fourth-order valence-electron chi connectivity index (χ4n) is 1.60. The molecule has 0 aliphatic rings. The normalized spacial score (nSPS) is 11.6. The Kier molecular flexibility index (Phi) is 5.31. The topological polar surface area (TPSA) is 40.5 Å². The first-order valence-electron chi connectivity index (χ1n) is 6.06. The molecule has 0 bridgehead atoms. The molecule has 2 rings (SSSR count). The molecule has 1 atom stereocenters. The number of hydroxylamine groups is 2. The van der Waals surface area contributed by atoms with Gasteiger partial charge in [-0.1, -0.05) is 32.0 Å². The second-order valence-electron chi connectivity index (χ2n) is 3.73. The number of hydrogen-bond donors (Lipinski definition) is 1. The summed E-state index contributed by atoms with van der Waals surface area (Å²) < 4.78 is 1.17. The zero-order valence-corrected chi connectivity index (χ0v) is 12.0. The van der Waals surface area contributed by atoms with Gasteiger partial charge in [0.15, 0.2) is 0 Å². The molecule has 0 saturated heterocycles. The van der Waals surface area contributed by atoms with Crippen molar-refractivity contribution in [3.8, 4) is 0 Å². The summed E-state index contributed by atoms with van der Waals surface area (Å²) in [5.41, 5.74) is 0. The molecule has 18 heavy (non-hydrogen) atoms. The third kappa shape index (κ3) is 3.09. The predicted octanol–water partition coefficient (Wildman–Crippen LogP) is 4.23. The highest BCUT2D eigenvalue weighted by atomic mass is 32.1. The molecule has 0 aliphatic heterocycles. The van der Waals surface area contributed by atoms with Crippen molar-refractivity contribution in [1.29, 1.82) is 0 Å². The van der Waals surface area contributed by atoms with Crippen molar-refractivity contribution < 1.29 is 10.0 Å². The van der Waals surface area contributed by atoms with Gasteiger partial charge in [-0.15, -0.1) is 11.3 Å². The number of fused-ring (bicyclic) bond motifs is 1. The number of benzene rings is 1. The minimum Gasteiger partial charge on any atom is -0.285 e. The Hall–Kier alpha value is -1.39. The number of thiophene rings is 1. The van der Waals surface area contributed by atoms with Gasteiger partial charge in [0.2, 0.25) is 5.91 Å². The summed E-state index contributed by atoms with van der Waals surface area (Å²) >= 11 is 1.60. The van der Waals surface area contributed by atoms with Crippen LogP contribution in [0.3, 0.4) is 0 Å². The van der Waals surface area contributed by atoms with Crippen LogP contribution in [0.2, 0.25) is 0 Å². The summed E-state index contributed by atoms with van der Waals surface area (Å²) in [5, 5.41) is 11.5. The molecule has 0 fully saturated rings. The maximum absolute atomic E-state index is 11.1. The number of carbonyl (C=O) groups is 1. The summed E-state index contributed by atoms with van der Waals surface area (Å²) in [7, 11) is 0. The Morgan fingerprint density at radius 1 is 1.33 bits per heavy atom. The minimum absolute atomic E-state index is 0.296. The zero-order valence-electron chi connectivity index (χ0n) is 11.2. The highest BCUT2D eigenvalue weighted by Gasteiger charge is 2.18. The van der Waals surface area contributed by atoms with E-state index < -0.39 is 0 Å². The lowest BCUT2D eigenvalue weighted by Crippen LogP contribution is -2.27. The van der Waals surface area contributed by atoms with E-state index in [1.165, 1.54) is 11.6 Å². The largest absolute Gasteiger partial charge is 0.285 e. The summed E-state index contributed by atoms with van der Waals surface area (Å²) in [6.07, 6.45) is 0. The molecule has 0 spiro atoms. The second-order valence-corrected chi connectivity index (χ2v) is 4.84. The number of nitrogens with zero attached hydrogens (tertiary/aromatic N) is 1. The van der Waals surface area contributed by atoms with Crippen LogP contribution in [0.4, 0.5) is 0 Å². The average Bonchev–Trinajstić information content (AvgIpc) is 2.83. The number of hydrogen-bond acceptors (Lipinski definition) is 3. The first-order valence-corrected chi connectivity index (χ1v) is 6.88. The summed E-state index contributed by atoms with van der Waals surface area (Å²) in [6, 6.07) is 9.73. The Labute approximate surface area is 112 Å². The molecule has 0 aliphatic carbocycles. The maximum Gasteiger partial charge on any atom is 0.243 e. The molecule has 1 aromatic heterocycles. The van der Waals surface area contributed by atoms with Gasteiger partial charge < -0.3 is 0 Å². The van der Waals surface area contributed by atoms with Crippen LogP contribution in [0.15, 0.2) is 30.3 Å². The van der Waals surface area contributed by atoms with Gasteiger partial charge in [0, 0.05) is 16.5 Å². The lowest BCUT2D eigenvalue weighted by Gasteiger charge is -2.19. The van der Waals surface area contributed by atoms with Gasteiger partial charge in [-0.25, -0.2) is 5.06 Å². The molecule has 1 heterocycles. The second kappa shape index (κ2) is 6.52. The molecule has 1 unspecified atom stereocenters. The summed E-state index contributed by atoms with van der Waals surface area (Å²) in [4.78, 5) is 12.0. The van der Waals surface area contributed by atoms with Gasteiger partial charge in [-0.05, 0) is 24.4 Å². The van der Waals surface area contributed by atoms with Gasteiger partial charge in [0.25, 0.3) is 0 Å². The first-order chi connectivity index (χ1) is 8.59. The number of rotatable bonds is 2. The average molecular weight is 265 g/mol. The van der Waals surface area contributed by atoms with E-state index in [1.54, 1.807) is 11.3 Å². The monoisotopic (exact) mass is 265 g/mol. The SMILES string of the molecule is CC.CC(=O)N(O)C(C)c1cc2ccccc2s1. The van der Waals surface area contributed by atoms with E-state index in [-0.39, 0.29) is 11.9 Å². The Balaban J connectivity index is 0.000000771. The Morgan fingerprint density at radius 3 is 2.50 bits per heavy atom. The van der Waals surface area contributed by atoms with E-state index in [4.69, 9.17) is 0 Å². The number of carbonyl (C=O) groups excluding carboxylic acids is 1. The van der Waals surface area contributed by atoms with Crippen molar-refractivity contribution in [1.82, 2.24) is 5.06 Å². The van der Waals surface area contributed by atoms with Crippen LogP contribution in [-0.4, -0.2) is 16.2 Å². The van der Waals surface area contributed by atoms with Crippen LogP contribution < -0.4 is 0 Å². The van der Waals surface area contributed by atoms with Crippen molar-refractivity contribution >= 4 is 27.3 Å². The van der Waals surface area contributed by atoms with Crippen molar-refractivity contribution in [3.05, 3.63) is 35.2 Å². The van der Waals surface area contributed by atoms with Crippen molar-refractivity contribution in [2.75, 3.05) is 0 Å². The smallest absolute Gasteiger partial charge is 0.243 e. The van der Waals surface area contributed by atoms with Crippen LogP contribution >= 0.6 is 11.3 Å². The van der Waals surface area contributed by atoms with E-state index in [9.17, 15) is 10.0 Å². The third-order valence-corrected chi connectivity index (χ3v) is 3.83. The van der Waals surface area contributed by atoms with Gasteiger partial charge >= 0.3 is 0 Å². The molecule has 2 aromatic rings. The van der Waals surface area contributed by atoms with Gasteiger partial charge in [-0.3, -0.25) is 10.0 Å². The summed E-state index contributed by atoms with van der Waals surface area (Å²) in [6.45, 7) is 7.16. The summed E-state index contributed by atoms with van der Waals surface area (Å²) in [5.74, 6) is -0.343. The molecule has 0 saturated carbocycles. The molecule has 1 aromatic carbocycles. The van der Waals surface area contributed by atoms with Crippen molar-refractivity contribution in [3.63, 3.8) is 0 Å². The van der Waals surface area contributed by atoms with E-state index in [1.807, 2.05) is 51.1 Å². The molecular formula is C14H19NO2S. The molecule has 98 valence electrons. The molecule has 1 amide bonds. The standard InChI is InChI=1S/C12H13NO2S.C2H6/c1-8(13(15)9(2)14)12-7-10-5-3-4-6-11(10)16-12;1-2/h3-8,15H,1-2H3;1-2H3. The zero-order chi connectivity index (χ0) is 13.7. The lowest BCUT2D eigenvalue weighted by molar-refractivity contribution is -0.172. The lowest BCUT2D eigenvalue weighted by atomic mass is 10.2. The van der Waals surface area contributed by atoms with Crippen molar-refractivity contribution in [2.24, 2.45) is 0 Å².